The lowest BCUT2D eigenvalue weighted by Gasteiger charge is -2.07. The molecule has 2 heterocycles. The minimum Gasteiger partial charge on any atom is -0.494 e. The summed E-state index contributed by atoms with van der Waals surface area (Å²) < 4.78 is 13.3. The monoisotopic (exact) mass is 436 g/mol. The summed E-state index contributed by atoms with van der Waals surface area (Å²) in [7, 11) is 0. The Morgan fingerprint density at radius 1 is 1.35 bits per heavy atom. The maximum Gasteiger partial charge on any atom is 0.306 e. The largest absolute Gasteiger partial charge is 0.494 e. The van der Waals surface area contributed by atoms with Gasteiger partial charge in [-0.2, -0.15) is 0 Å². The fourth-order valence-electron chi connectivity index (χ4n) is 2.36. The molecule has 0 aliphatic carbocycles. The number of carbonyl (C=O) groups is 1. The lowest BCUT2D eigenvalue weighted by atomic mass is 10.3. The average Bonchev–Trinajstić information content (AvgIpc) is 2.98. The van der Waals surface area contributed by atoms with E-state index in [2.05, 4.69) is 20.9 Å². The number of aryl methyl sites for hydroxylation is 1. The highest BCUT2D eigenvalue weighted by molar-refractivity contribution is 9.10. The van der Waals surface area contributed by atoms with Crippen molar-refractivity contribution in [1.29, 1.82) is 0 Å². The Morgan fingerprint density at radius 2 is 2.19 bits per heavy atom. The summed E-state index contributed by atoms with van der Waals surface area (Å²) in [6.45, 7) is 2.27. The smallest absolute Gasteiger partial charge is 0.306 e. The van der Waals surface area contributed by atoms with Crippen molar-refractivity contribution in [2.24, 2.45) is 0 Å². The van der Waals surface area contributed by atoms with E-state index >= 15 is 0 Å². The number of nitrogens with zero attached hydrogens (tertiary/aromatic N) is 2. The lowest BCUT2D eigenvalue weighted by molar-refractivity contribution is -0.145. The summed E-state index contributed by atoms with van der Waals surface area (Å²) >= 11 is 4.76. The van der Waals surface area contributed by atoms with Gasteiger partial charge in [-0.25, -0.2) is 4.98 Å². The van der Waals surface area contributed by atoms with Crippen LogP contribution in [0, 0.1) is 6.92 Å². The van der Waals surface area contributed by atoms with Crippen LogP contribution in [0.15, 0.2) is 45.0 Å². The number of esters is 1. The molecule has 0 saturated carbocycles. The maximum absolute atomic E-state index is 12.1. The minimum atomic E-state index is -0.341. The molecule has 0 aliphatic heterocycles. The zero-order valence-corrected chi connectivity index (χ0v) is 16.5. The highest BCUT2D eigenvalue weighted by atomic mass is 79.9. The topological polar surface area (TPSA) is 69.9 Å². The molecule has 6 nitrogen and oxygen atoms in total. The summed E-state index contributed by atoms with van der Waals surface area (Å²) in [5, 5.41) is 1.87. The SMILES string of the molecule is Cc1csc2nc(COC(=O)CCCOc3cccc(Br)c3)cc(=O)n12. The minimum absolute atomic E-state index is 0.00594. The Balaban J connectivity index is 1.45. The molecule has 0 saturated heterocycles. The van der Waals surface area contributed by atoms with Crippen LogP contribution in [0.3, 0.4) is 0 Å². The predicted octanol–water partition coefficient (Wildman–Crippen LogP) is 3.73. The van der Waals surface area contributed by atoms with Crippen LogP contribution < -0.4 is 10.3 Å². The number of ether oxygens (including phenoxy) is 2. The van der Waals surface area contributed by atoms with Gasteiger partial charge in [-0.05, 0) is 31.5 Å². The molecule has 26 heavy (non-hydrogen) atoms. The van der Waals surface area contributed by atoms with E-state index in [9.17, 15) is 9.59 Å². The molecule has 0 fully saturated rings. The van der Waals surface area contributed by atoms with Crippen molar-refractivity contribution >= 4 is 38.2 Å². The Morgan fingerprint density at radius 3 is 3.00 bits per heavy atom. The van der Waals surface area contributed by atoms with Crippen LogP contribution in [0.5, 0.6) is 5.75 Å². The molecule has 0 radical (unpaired) electrons. The molecule has 0 spiro atoms. The van der Waals surface area contributed by atoms with E-state index in [0.717, 1.165) is 15.9 Å². The molecule has 8 heteroatoms. The fraction of sp³-hybridized carbons (Fsp3) is 0.278. The number of fused-ring (bicyclic) bond motifs is 1. The van der Waals surface area contributed by atoms with Gasteiger partial charge in [0.2, 0.25) is 0 Å². The van der Waals surface area contributed by atoms with Crippen LogP contribution >= 0.6 is 27.3 Å². The number of thiazole rings is 1. The molecular weight excluding hydrogens is 420 g/mol. The maximum atomic E-state index is 12.1. The zero-order chi connectivity index (χ0) is 18.5. The second-order valence-electron chi connectivity index (χ2n) is 5.65. The Hall–Kier alpha value is -2.19. The van der Waals surface area contributed by atoms with Gasteiger partial charge in [0.25, 0.3) is 5.56 Å². The van der Waals surface area contributed by atoms with E-state index in [1.807, 2.05) is 36.6 Å². The second-order valence-corrected chi connectivity index (χ2v) is 7.40. The van der Waals surface area contributed by atoms with Gasteiger partial charge in [-0.1, -0.05) is 22.0 Å². The van der Waals surface area contributed by atoms with E-state index in [0.29, 0.717) is 23.7 Å². The molecule has 0 amide bonds. The molecule has 0 N–H and O–H groups in total. The van der Waals surface area contributed by atoms with E-state index < -0.39 is 0 Å². The Kier molecular flexibility index (Phi) is 6.05. The van der Waals surface area contributed by atoms with Crippen molar-refractivity contribution in [2.45, 2.75) is 26.4 Å². The molecular formula is C18H17BrN2O4S. The van der Waals surface area contributed by atoms with Crippen LogP contribution in [0.1, 0.15) is 24.2 Å². The summed E-state index contributed by atoms with van der Waals surface area (Å²) in [5.41, 5.74) is 1.13. The molecule has 2 aromatic heterocycles. The van der Waals surface area contributed by atoms with Crippen molar-refractivity contribution < 1.29 is 14.3 Å². The van der Waals surface area contributed by atoms with Crippen molar-refractivity contribution in [2.75, 3.05) is 6.61 Å². The molecule has 0 unspecified atom stereocenters. The van der Waals surface area contributed by atoms with Gasteiger partial charge in [0.05, 0.1) is 12.3 Å². The van der Waals surface area contributed by atoms with E-state index in [1.165, 1.54) is 21.8 Å². The Bertz CT molecular complexity index is 983. The number of rotatable bonds is 7. The normalized spacial score (nSPS) is 10.8. The van der Waals surface area contributed by atoms with Gasteiger partial charge < -0.3 is 9.47 Å². The summed E-state index contributed by atoms with van der Waals surface area (Å²) in [4.78, 5) is 28.9. The van der Waals surface area contributed by atoms with Crippen LogP contribution in [0.2, 0.25) is 0 Å². The second kappa shape index (κ2) is 8.46. The van der Waals surface area contributed by atoms with Gasteiger partial charge in [-0.3, -0.25) is 14.0 Å². The van der Waals surface area contributed by atoms with Crippen molar-refractivity contribution in [3.63, 3.8) is 0 Å². The van der Waals surface area contributed by atoms with Gasteiger partial charge in [0.15, 0.2) is 4.96 Å². The predicted molar refractivity (Wildman–Crippen MR) is 103 cm³/mol. The molecule has 0 atom stereocenters. The van der Waals surface area contributed by atoms with E-state index in [1.54, 1.807) is 0 Å². The van der Waals surface area contributed by atoms with Crippen LogP contribution in [0.25, 0.3) is 4.96 Å². The Labute approximate surface area is 162 Å². The van der Waals surface area contributed by atoms with E-state index in [4.69, 9.17) is 9.47 Å². The first-order valence-electron chi connectivity index (χ1n) is 8.04. The van der Waals surface area contributed by atoms with E-state index in [-0.39, 0.29) is 24.6 Å². The third-order valence-electron chi connectivity index (χ3n) is 3.60. The van der Waals surface area contributed by atoms with Gasteiger partial charge in [-0.15, -0.1) is 11.3 Å². The highest BCUT2D eigenvalue weighted by Crippen LogP contribution is 2.18. The van der Waals surface area contributed by atoms with Gasteiger partial charge in [0, 0.05) is 28.0 Å². The molecule has 0 aliphatic rings. The lowest BCUT2D eigenvalue weighted by Crippen LogP contribution is -2.16. The molecule has 3 aromatic rings. The first-order valence-corrected chi connectivity index (χ1v) is 9.71. The molecule has 0 bridgehead atoms. The third-order valence-corrected chi connectivity index (χ3v) is 5.04. The zero-order valence-electron chi connectivity index (χ0n) is 14.1. The van der Waals surface area contributed by atoms with Crippen LogP contribution in [-0.2, 0) is 16.1 Å². The molecule has 3 rings (SSSR count). The molecule has 1 aromatic carbocycles. The van der Waals surface area contributed by atoms with Gasteiger partial charge in [0.1, 0.15) is 12.4 Å². The fourth-order valence-corrected chi connectivity index (χ4v) is 3.63. The van der Waals surface area contributed by atoms with Crippen molar-refractivity contribution in [3.05, 3.63) is 61.9 Å². The standard InChI is InChI=1S/C18H17BrN2O4S/c1-12-11-26-18-20-14(9-16(22)21(12)18)10-25-17(23)6-3-7-24-15-5-2-4-13(19)8-15/h2,4-5,8-9,11H,3,6-7,10H2,1H3. The summed E-state index contributed by atoms with van der Waals surface area (Å²) in [5.74, 6) is 0.407. The highest BCUT2D eigenvalue weighted by Gasteiger charge is 2.09. The third kappa shape index (κ3) is 4.70. The number of carbonyl (C=O) groups excluding carboxylic acids is 1. The first kappa shape index (κ1) is 18.6. The number of halogens is 1. The average molecular weight is 437 g/mol. The van der Waals surface area contributed by atoms with Gasteiger partial charge >= 0.3 is 5.97 Å². The summed E-state index contributed by atoms with van der Waals surface area (Å²) in [6.07, 6.45) is 0.790. The molecule has 136 valence electrons. The number of benzene rings is 1. The van der Waals surface area contributed by atoms with Crippen LogP contribution in [-0.4, -0.2) is 22.0 Å². The first-order chi connectivity index (χ1) is 12.5. The number of hydrogen-bond acceptors (Lipinski definition) is 6. The quantitative estimate of drug-likeness (QED) is 0.416. The number of aromatic nitrogens is 2. The van der Waals surface area contributed by atoms with Crippen molar-refractivity contribution in [1.82, 2.24) is 9.38 Å². The van der Waals surface area contributed by atoms with Crippen LogP contribution in [0.4, 0.5) is 0 Å². The van der Waals surface area contributed by atoms with Crippen molar-refractivity contribution in [3.8, 4) is 5.75 Å². The number of hydrogen-bond donors (Lipinski definition) is 0. The summed E-state index contributed by atoms with van der Waals surface area (Å²) in [6, 6.07) is 8.92.